The molecule has 0 aliphatic heterocycles. The van der Waals surface area contributed by atoms with Crippen molar-refractivity contribution in [2.45, 2.75) is 44.4 Å². The number of amides is 2. The van der Waals surface area contributed by atoms with Gasteiger partial charge in [-0.25, -0.2) is 4.79 Å². The quantitative estimate of drug-likeness (QED) is 0.808. The Morgan fingerprint density at radius 3 is 2.67 bits per heavy atom. The molecule has 1 fully saturated rings. The number of ether oxygens (including phenoxy) is 1. The Kier molecular flexibility index (Phi) is 5.20. The molecule has 5 nitrogen and oxygen atoms in total. The number of carbonyl (C=O) groups is 1. The smallest absolute Gasteiger partial charge is 0.315 e. The summed E-state index contributed by atoms with van der Waals surface area (Å²) in [6.07, 6.45) is 2.94. The van der Waals surface area contributed by atoms with Crippen molar-refractivity contribution in [3.8, 4) is 5.75 Å². The summed E-state index contributed by atoms with van der Waals surface area (Å²) in [5.41, 5.74) is 0.977. The molecule has 2 aromatic carbocycles. The minimum absolute atomic E-state index is 0.141. The zero-order valence-corrected chi connectivity index (χ0v) is 13.9. The maximum Gasteiger partial charge on any atom is 0.315 e. The molecule has 0 radical (unpaired) electrons. The number of rotatable bonds is 4. The molecular weight excluding hydrogens is 304 g/mol. The minimum atomic E-state index is -0.217. The first-order valence-electron chi connectivity index (χ1n) is 8.44. The molecule has 2 amide bonds. The Balaban J connectivity index is 1.65. The highest BCUT2D eigenvalue weighted by molar-refractivity contribution is 5.88. The van der Waals surface area contributed by atoms with Gasteiger partial charge in [0.1, 0.15) is 5.75 Å². The van der Waals surface area contributed by atoms with Crippen molar-refractivity contribution < 1.29 is 14.6 Å². The van der Waals surface area contributed by atoms with Crippen LogP contribution in [0.2, 0.25) is 0 Å². The standard InChI is InChI=1S/C19H24N2O3/c1-24-18-11-6-13-4-2-3-5-16(13)17(18)12-20-19(23)21-14-7-9-15(22)10-8-14/h2-6,11,14-15,22H,7-10,12H2,1H3,(H2,20,21,23). The molecule has 0 heterocycles. The molecule has 1 saturated carbocycles. The van der Waals surface area contributed by atoms with Crippen molar-refractivity contribution in [2.24, 2.45) is 0 Å². The van der Waals surface area contributed by atoms with Crippen molar-refractivity contribution in [3.05, 3.63) is 42.0 Å². The van der Waals surface area contributed by atoms with Crippen LogP contribution in [0.4, 0.5) is 4.79 Å². The topological polar surface area (TPSA) is 70.6 Å². The second-order valence-corrected chi connectivity index (χ2v) is 6.30. The van der Waals surface area contributed by atoms with Gasteiger partial charge in [0.15, 0.2) is 0 Å². The van der Waals surface area contributed by atoms with Gasteiger partial charge in [0.05, 0.1) is 13.2 Å². The van der Waals surface area contributed by atoms with Gasteiger partial charge in [-0.1, -0.05) is 30.3 Å². The summed E-state index contributed by atoms with van der Waals surface area (Å²) in [5, 5.41) is 17.7. The molecule has 5 heteroatoms. The van der Waals surface area contributed by atoms with E-state index in [1.807, 2.05) is 36.4 Å². The summed E-state index contributed by atoms with van der Waals surface area (Å²) < 4.78 is 5.45. The Hall–Kier alpha value is -2.27. The van der Waals surface area contributed by atoms with Gasteiger partial charge in [-0.05, 0) is 42.5 Å². The fraction of sp³-hybridized carbons (Fsp3) is 0.421. The first kappa shape index (κ1) is 16.6. The largest absolute Gasteiger partial charge is 0.496 e. The van der Waals surface area contributed by atoms with Gasteiger partial charge in [0, 0.05) is 18.2 Å². The summed E-state index contributed by atoms with van der Waals surface area (Å²) >= 11 is 0. The molecule has 0 aromatic heterocycles. The van der Waals surface area contributed by atoms with Crippen LogP contribution >= 0.6 is 0 Å². The summed E-state index contributed by atoms with van der Waals surface area (Å²) in [5.74, 6) is 0.773. The minimum Gasteiger partial charge on any atom is -0.496 e. The first-order valence-corrected chi connectivity index (χ1v) is 8.44. The average Bonchev–Trinajstić information content (AvgIpc) is 2.61. The number of aliphatic hydroxyl groups is 1. The second-order valence-electron chi connectivity index (χ2n) is 6.30. The summed E-state index contributed by atoms with van der Waals surface area (Å²) in [6.45, 7) is 0.408. The van der Waals surface area contributed by atoms with Crippen molar-refractivity contribution in [1.82, 2.24) is 10.6 Å². The molecule has 0 spiro atoms. The van der Waals surface area contributed by atoms with Crippen LogP contribution in [0.3, 0.4) is 0 Å². The third-order valence-corrected chi connectivity index (χ3v) is 4.68. The van der Waals surface area contributed by atoms with Crippen LogP contribution in [-0.4, -0.2) is 30.4 Å². The number of benzene rings is 2. The van der Waals surface area contributed by atoms with Crippen molar-refractivity contribution in [3.63, 3.8) is 0 Å². The number of hydrogen-bond donors (Lipinski definition) is 3. The van der Waals surface area contributed by atoms with E-state index in [4.69, 9.17) is 4.74 Å². The molecule has 3 rings (SSSR count). The van der Waals surface area contributed by atoms with Crippen LogP contribution in [0.1, 0.15) is 31.2 Å². The van der Waals surface area contributed by atoms with E-state index in [0.717, 1.165) is 47.8 Å². The van der Waals surface area contributed by atoms with Gasteiger partial charge in [-0.3, -0.25) is 0 Å². The van der Waals surface area contributed by atoms with Gasteiger partial charge < -0.3 is 20.5 Å². The second kappa shape index (κ2) is 7.53. The van der Waals surface area contributed by atoms with E-state index in [9.17, 15) is 9.90 Å². The maximum atomic E-state index is 12.2. The van der Waals surface area contributed by atoms with Crippen molar-refractivity contribution in [2.75, 3.05) is 7.11 Å². The Morgan fingerprint density at radius 2 is 1.92 bits per heavy atom. The number of carbonyl (C=O) groups excluding carboxylic acids is 1. The van der Waals surface area contributed by atoms with Crippen LogP contribution in [-0.2, 0) is 6.54 Å². The molecular formula is C19H24N2O3. The molecule has 128 valence electrons. The highest BCUT2D eigenvalue weighted by Crippen LogP contribution is 2.27. The third-order valence-electron chi connectivity index (χ3n) is 4.68. The van der Waals surface area contributed by atoms with Crippen LogP contribution in [0.25, 0.3) is 10.8 Å². The number of fused-ring (bicyclic) bond motifs is 1. The van der Waals surface area contributed by atoms with E-state index < -0.39 is 0 Å². The molecule has 1 aliphatic carbocycles. The lowest BCUT2D eigenvalue weighted by Crippen LogP contribution is -2.43. The van der Waals surface area contributed by atoms with Crippen molar-refractivity contribution in [1.29, 1.82) is 0 Å². The summed E-state index contributed by atoms with van der Waals surface area (Å²) in [7, 11) is 1.64. The Labute approximate surface area is 142 Å². The maximum absolute atomic E-state index is 12.2. The Morgan fingerprint density at radius 1 is 1.17 bits per heavy atom. The van der Waals surface area contributed by atoms with Gasteiger partial charge >= 0.3 is 6.03 Å². The zero-order valence-electron chi connectivity index (χ0n) is 13.9. The van der Waals surface area contributed by atoms with E-state index in [1.165, 1.54) is 0 Å². The van der Waals surface area contributed by atoms with Crippen LogP contribution < -0.4 is 15.4 Å². The predicted octanol–water partition coefficient (Wildman–Crippen LogP) is 2.95. The lowest BCUT2D eigenvalue weighted by molar-refractivity contribution is 0.117. The SMILES string of the molecule is COc1ccc2ccccc2c1CNC(=O)NC1CCC(O)CC1. The van der Waals surface area contributed by atoms with E-state index >= 15 is 0 Å². The highest BCUT2D eigenvalue weighted by Gasteiger charge is 2.20. The van der Waals surface area contributed by atoms with Gasteiger partial charge in [-0.2, -0.15) is 0 Å². The molecule has 0 unspecified atom stereocenters. The zero-order chi connectivity index (χ0) is 16.9. The number of nitrogens with one attached hydrogen (secondary N) is 2. The number of urea groups is 1. The molecule has 0 atom stereocenters. The molecule has 2 aromatic rings. The van der Waals surface area contributed by atoms with Crippen LogP contribution in [0.5, 0.6) is 5.75 Å². The third kappa shape index (κ3) is 3.79. The van der Waals surface area contributed by atoms with Crippen LogP contribution in [0, 0.1) is 0 Å². The van der Waals surface area contributed by atoms with E-state index in [0.29, 0.717) is 6.54 Å². The lowest BCUT2D eigenvalue weighted by Gasteiger charge is -2.26. The Bertz CT molecular complexity index is 709. The fourth-order valence-corrected chi connectivity index (χ4v) is 3.31. The fourth-order valence-electron chi connectivity index (χ4n) is 3.31. The monoisotopic (exact) mass is 328 g/mol. The number of hydrogen-bond acceptors (Lipinski definition) is 3. The lowest BCUT2D eigenvalue weighted by atomic mass is 9.93. The van der Waals surface area contributed by atoms with E-state index in [-0.39, 0.29) is 18.2 Å². The molecule has 3 N–H and O–H groups in total. The van der Waals surface area contributed by atoms with Gasteiger partial charge in [-0.15, -0.1) is 0 Å². The first-order chi connectivity index (χ1) is 11.7. The van der Waals surface area contributed by atoms with E-state index in [2.05, 4.69) is 10.6 Å². The average molecular weight is 328 g/mol. The molecule has 24 heavy (non-hydrogen) atoms. The molecule has 0 saturated heterocycles. The van der Waals surface area contributed by atoms with Crippen molar-refractivity contribution >= 4 is 16.8 Å². The number of aliphatic hydroxyl groups excluding tert-OH is 1. The predicted molar refractivity (Wildman–Crippen MR) is 94.1 cm³/mol. The van der Waals surface area contributed by atoms with E-state index in [1.54, 1.807) is 7.11 Å². The van der Waals surface area contributed by atoms with Crippen LogP contribution in [0.15, 0.2) is 36.4 Å². The number of methoxy groups -OCH3 is 1. The van der Waals surface area contributed by atoms with Gasteiger partial charge in [0.2, 0.25) is 0 Å². The molecule has 1 aliphatic rings. The summed E-state index contributed by atoms with van der Waals surface area (Å²) in [6, 6.07) is 12.0. The van der Waals surface area contributed by atoms with Gasteiger partial charge in [0.25, 0.3) is 0 Å². The highest BCUT2D eigenvalue weighted by atomic mass is 16.5. The summed E-state index contributed by atoms with van der Waals surface area (Å²) in [4.78, 5) is 12.2. The normalized spacial score (nSPS) is 20.6. The molecule has 0 bridgehead atoms.